The summed E-state index contributed by atoms with van der Waals surface area (Å²) < 4.78 is 5.05. The molecule has 6 nitrogen and oxygen atoms in total. The highest BCUT2D eigenvalue weighted by molar-refractivity contribution is 5.47. The first-order valence-corrected chi connectivity index (χ1v) is 6.18. The highest BCUT2D eigenvalue weighted by atomic mass is 16.5. The van der Waals surface area contributed by atoms with E-state index in [4.69, 9.17) is 10.6 Å². The number of nitrogens with zero attached hydrogens (tertiary/aromatic N) is 2. The Labute approximate surface area is 108 Å². The Bertz CT molecular complexity index is 369. The van der Waals surface area contributed by atoms with Crippen LogP contribution in [-0.2, 0) is 4.74 Å². The molecular formula is C12H23N5O. The zero-order chi connectivity index (χ0) is 13.5. The summed E-state index contributed by atoms with van der Waals surface area (Å²) in [5, 5.41) is 3.32. The molecule has 0 aliphatic carbocycles. The van der Waals surface area contributed by atoms with Gasteiger partial charge in [0.15, 0.2) is 0 Å². The Morgan fingerprint density at radius 2 is 1.94 bits per heavy atom. The van der Waals surface area contributed by atoms with Crippen LogP contribution in [0.5, 0.6) is 0 Å². The van der Waals surface area contributed by atoms with E-state index in [1.54, 1.807) is 13.2 Å². The average Bonchev–Trinajstić information content (AvgIpc) is 2.35. The Balaban J connectivity index is 2.77. The second kappa shape index (κ2) is 7.13. The molecule has 0 spiro atoms. The monoisotopic (exact) mass is 253 g/mol. The zero-order valence-corrected chi connectivity index (χ0v) is 11.5. The van der Waals surface area contributed by atoms with Gasteiger partial charge in [0, 0.05) is 31.7 Å². The van der Waals surface area contributed by atoms with Crippen molar-refractivity contribution < 1.29 is 4.74 Å². The predicted molar refractivity (Wildman–Crippen MR) is 73.5 cm³/mol. The number of anilines is 2. The second-order valence-corrected chi connectivity index (χ2v) is 4.62. The summed E-state index contributed by atoms with van der Waals surface area (Å²) in [5.74, 6) is 7.84. The zero-order valence-electron chi connectivity index (χ0n) is 11.5. The summed E-state index contributed by atoms with van der Waals surface area (Å²) in [4.78, 5) is 8.78. The maximum Gasteiger partial charge on any atom is 0.145 e. The highest BCUT2D eigenvalue weighted by Gasteiger charge is 2.09. The van der Waals surface area contributed by atoms with Crippen LogP contribution in [0.3, 0.4) is 0 Å². The SMILES string of the molecule is COCCC(C)Nc1cc(NN)nc(C(C)C)n1. The highest BCUT2D eigenvalue weighted by Crippen LogP contribution is 2.17. The van der Waals surface area contributed by atoms with E-state index in [0.29, 0.717) is 5.82 Å². The maximum absolute atomic E-state index is 5.41. The van der Waals surface area contributed by atoms with Crippen LogP contribution in [0.15, 0.2) is 6.07 Å². The molecule has 0 aromatic carbocycles. The summed E-state index contributed by atoms with van der Waals surface area (Å²) in [6.45, 7) is 6.91. The van der Waals surface area contributed by atoms with Crippen molar-refractivity contribution in [3.05, 3.63) is 11.9 Å². The number of aromatic nitrogens is 2. The van der Waals surface area contributed by atoms with Crippen molar-refractivity contribution in [3.63, 3.8) is 0 Å². The number of hydrogen-bond donors (Lipinski definition) is 3. The van der Waals surface area contributed by atoms with Crippen molar-refractivity contribution in [2.24, 2.45) is 5.84 Å². The van der Waals surface area contributed by atoms with Gasteiger partial charge in [0.2, 0.25) is 0 Å². The Morgan fingerprint density at radius 3 is 2.50 bits per heavy atom. The first-order valence-electron chi connectivity index (χ1n) is 6.18. The molecule has 102 valence electrons. The average molecular weight is 253 g/mol. The van der Waals surface area contributed by atoms with Gasteiger partial charge in [-0.15, -0.1) is 0 Å². The first kappa shape index (κ1) is 14.7. The molecule has 6 heteroatoms. The van der Waals surface area contributed by atoms with Gasteiger partial charge < -0.3 is 15.5 Å². The summed E-state index contributed by atoms with van der Waals surface area (Å²) in [7, 11) is 1.70. The number of nitrogen functional groups attached to an aromatic ring is 1. The van der Waals surface area contributed by atoms with Gasteiger partial charge in [-0.25, -0.2) is 15.8 Å². The third kappa shape index (κ3) is 4.46. The van der Waals surface area contributed by atoms with E-state index in [2.05, 4.69) is 27.6 Å². The largest absolute Gasteiger partial charge is 0.385 e. The summed E-state index contributed by atoms with van der Waals surface area (Å²) >= 11 is 0. The second-order valence-electron chi connectivity index (χ2n) is 4.62. The molecule has 0 saturated carbocycles. The predicted octanol–water partition coefficient (Wildman–Crippen LogP) is 1.72. The van der Waals surface area contributed by atoms with E-state index in [1.807, 2.05) is 13.8 Å². The van der Waals surface area contributed by atoms with Crippen LogP contribution >= 0.6 is 0 Å². The Morgan fingerprint density at radius 1 is 1.28 bits per heavy atom. The van der Waals surface area contributed by atoms with E-state index >= 15 is 0 Å². The van der Waals surface area contributed by atoms with Gasteiger partial charge in [-0.2, -0.15) is 0 Å². The topological polar surface area (TPSA) is 85.1 Å². The summed E-state index contributed by atoms with van der Waals surface area (Å²) in [6, 6.07) is 2.08. The molecule has 0 fully saturated rings. The third-order valence-electron chi connectivity index (χ3n) is 2.56. The number of hydrazine groups is 1. The number of nitrogens with one attached hydrogen (secondary N) is 2. The van der Waals surface area contributed by atoms with Crippen LogP contribution in [0.25, 0.3) is 0 Å². The molecule has 0 aliphatic heterocycles. The number of nitrogens with two attached hydrogens (primary N) is 1. The lowest BCUT2D eigenvalue weighted by molar-refractivity contribution is 0.191. The Hall–Kier alpha value is -1.40. The lowest BCUT2D eigenvalue weighted by atomic mass is 10.2. The van der Waals surface area contributed by atoms with Crippen molar-refractivity contribution >= 4 is 11.6 Å². The molecule has 1 atom stereocenters. The van der Waals surface area contributed by atoms with Crippen LogP contribution in [0.1, 0.15) is 38.9 Å². The molecular weight excluding hydrogens is 230 g/mol. The van der Waals surface area contributed by atoms with Crippen molar-refractivity contribution in [2.75, 3.05) is 24.5 Å². The van der Waals surface area contributed by atoms with Crippen LogP contribution in [0, 0.1) is 0 Å². The van der Waals surface area contributed by atoms with Gasteiger partial charge in [0.05, 0.1) is 0 Å². The summed E-state index contributed by atoms with van der Waals surface area (Å²) in [5.41, 5.74) is 2.56. The summed E-state index contributed by atoms with van der Waals surface area (Å²) in [6.07, 6.45) is 0.920. The molecule has 0 saturated heterocycles. The normalized spacial score (nSPS) is 12.6. The quantitative estimate of drug-likeness (QED) is 0.507. The van der Waals surface area contributed by atoms with E-state index in [-0.39, 0.29) is 12.0 Å². The smallest absolute Gasteiger partial charge is 0.145 e. The lowest BCUT2D eigenvalue weighted by Crippen LogP contribution is -2.19. The van der Waals surface area contributed by atoms with Gasteiger partial charge >= 0.3 is 0 Å². The molecule has 18 heavy (non-hydrogen) atoms. The maximum atomic E-state index is 5.41. The van der Waals surface area contributed by atoms with Crippen LogP contribution in [0.2, 0.25) is 0 Å². The van der Waals surface area contributed by atoms with Gasteiger partial charge in [-0.3, -0.25) is 0 Å². The fourth-order valence-electron chi connectivity index (χ4n) is 1.49. The van der Waals surface area contributed by atoms with E-state index < -0.39 is 0 Å². The van der Waals surface area contributed by atoms with Crippen molar-refractivity contribution in [1.29, 1.82) is 0 Å². The van der Waals surface area contributed by atoms with Crippen LogP contribution in [-0.4, -0.2) is 29.7 Å². The number of hydrogen-bond acceptors (Lipinski definition) is 6. The molecule has 1 heterocycles. The van der Waals surface area contributed by atoms with Crippen LogP contribution < -0.4 is 16.6 Å². The van der Waals surface area contributed by atoms with Gasteiger partial charge in [-0.05, 0) is 13.3 Å². The molecule has 0 aliphatic rings. The molecule has 0 bridgehead atoms. The molecule has 4 N–H and O–H groups in total. The third-order valence-corrected chi connectivity index (χ3v) is 2.56. The van der Waals surface area contributed by atoms with E-state index in [1.165, 1.54) is 0 Å². The van der Waals surface area contributed by atoms with Crippen molar-refractivity contribution in [1.82, 2.24) is 9.97 Å². The van der Waals surface area contributed by atoms with Crippen molar-refractivity contribution in [3.8, 4) is 0 Å². The van der Waals surface area contributed by atoms with Gasteiger partial charge in [0.1, 0.15) is 17.5 Å². The van der Waals surface area contributed by atoms with Crippen LogP contribution in [0.4, 0.5) is 11.6 Å². The minimum atomic E-state index is 0.258. The van der Waals surface area contributed by atoms with Gasteiger partial charge in [-0.1, -0.05) is 13.8 Å². The molecule has 1 unspecified atom stereocenters. The molecule has 1 aromatic heterocycles. The van der Waals surface area contributed by atoms with E-state index in [9.17, 15) is 0 Å². The first-order chi connectivity index (χ1) is 8.56. The number of ether oxygens (including phenoxy) is 1. The fourth-order valence-corrected chi connectivity index (χ4v) is 1.49. The van der Waals surface area contributed by atoms with Gasteiger partial charge in [0.25, 0.3) is 0 Å². The fraction of sp³-hybridized carbons (Fsp3) is 0.667. The molecule has 1 rings (SSSR count). The number of methoxy groups -OCH3 is 1. The molecule has 0 radical (unpaired) electrons. The van der Waals surface area contributed by atoms with E-state index in [0.717, 1.165) is 24.7 Å². The molecule has 1 aromatic rings. The van der Waals surface area contributed by atoms with Crippen molar-refractivity contribution in [2.45, 2.75) is 39.2 Å². The standard InChI is InChI=1S/C12H23N5O/c1-8(2)12-15-10(7-11(16-12)17-13)14-9(3)5-6-18-4/h7-9H,5-6,13H2,1-4H3,(H2,14,15,16,17). The molecule has 0 amide bonds. The lowest BCUT2D eigenvalue weighted by Gasteiger charge is -2.16. The minimum absolute atomic E-state index is 0.258. The minimum Gasteiger partial charge on any atom is -0.385 e. The Kier molecular flexibility index (Phi) is 5.80. The number of rotatable bonds is 7.